The lowest BCUT2D eigenvalue weighted by atomic mass is 10.2. The lowest BCUT2D eigenvalue weighted by Gasteiger charge is -2.10. The van der Waals surface area contributed by atoms with Crippen molar-refractivity contribution < 1.29 is 13.2 Å². The van der Waals surface area contributed by atoms with E-state index >= 15 is 0 Å². The van der Waals surface area contributed by atoms with Crippen molar-refractivity contribution in [1.82, 2.24) is 0 Å². The Hall–Kier alpha value is -0.900. The van der Waals surface area contributed by atoms with Crippen LogP contribution in [-0.4, -0.2) is 19.5 Å². The zero-order valence-corrected chi connectivity index (χ0v) is 7.54. The van der Waals surface area contributed by atoms with Gasteiger partial charge in [-0.1, -0.05) is 25.2 Å². The van der Waals surface area contributed by atoms with Gasteiger partial charge in [0.05, 0.1) is 0 Å². The molecule has 0 aromatic heterocycles. The van der Waals surface area contributed by atoms with Gasteiger partial charge in [-0.05, 0) is 0 Å². The fourth-order valence-corrected chi connectivity index (χ4v) is 2.33. The molecule has 0 saturated heterocycles. The van der Waals surface area contributed by atoms with E-state index in [0.717, 1.165) is 5.41 Å². The van der Waals surface area contributed by atoms with Crippen molar-refractivity contribution in [2.24, 2.45) is 0 Å². The Morgan fingerprint density at radius 3 is 2.58 bits per heavy atom. The summed E-state index contributed by atoms with van der Waals surface area (Å²) in [5.41, 5.74) is 0. The first-order valence-electron chi connectivity index (χ1n) is 3.69. The summed E-state index contributed by atoms with van der Waals surface area (Å²) in [5, 5.41) is 0.123. The molecule has 0 aromatic carbocycles. The molecule has 0 radical (unpaired) electrons. The molecule has 1 rings (SSSR count). The number of hydrogen-bond acceptors (Lipinski definition) is 3. The summed E-state index contributed by atoms with van der Waals surface area (Å²) in [6.45, 7) is 1.66. The van der Waals surface area contributed by atoms with E-state index in [9.17, 15) is 13.2 Å². The number of Topliss-reactive ketones (excluding diaryl/α,β-unsaturated/α-hetero) is 1. The average molecular weight is 186 g/mol. The summed E-state index contributed by atoms with van der Waals surface area (Å²) >= 11 is 0. The van der Waals surface area contributed by atoms with Crippen LogP contribution in [0.1, 0.15) is 13.3 Å². The van der Waals surface area contributed by atoms with Crippen molar-refractivity contribution in [2.75, 3.05) is 0 Å². The topological polar surface area (TPSA) is 51.2 Å². The summed E-state index contributed by atoms with van der Waals surface area (Å²) in [6, 6.07) is 0. The third kappa shape index (κ3) is 1.64. The van der Waals surface area contributed by atoms with Gasteiger partial charge in [0.2, 0.25) is 0 Å². The standard InChI is InChI=1S/C8H10O3S/c1-2-7(9)8-5-3-4-6-12(8,10)11/h3-6,8H,2H2,1H3. The highest BCUT2D eigenvalue weighted by Crippen LogP contribution is 2.13. The largest absolute Gasteiger partial charge is 0.298 e. The van der Waals surface area contributed by atoms with E-state index in [2.05, 4.69) is 0 Å². The molecule has 0 N–H and O–H groups in total. The Morgan fingerprint density at radius 2 is 2.08 bits per heavy atom. The maximum absolute atomic E-state index is 11.2. The third-order valence-corrected chi connectivity index (χ3v) is 3.35. The van der Waals surface area contributed by atoms with E-state index in [1.165, 1.54) is 12.2 Å². The molecule has 0 amide bonds. The molecule has 1 atom stereocenters. The molecular weight excluding hydrogens is 176 g/mol. The minimum absolute atomic E-state index is 0.252. The normalized spacial score (nSPS) is 25.6. The molecule has 0 fully saturated rings. The Kier molecular flexibility index (Phi) is 2.47. The highest BCUT2D eigenvalue weighted by molar-refractivity contribution is 7.95. The molecule has 12 heavy (non-hydrogen) atoms. The van der Waals surface area contributed by atoms with Crippen molar-refractivity contribution in [3.63, 3.8) is 0 Å². The summed E-state index contributed by atoms with van der Waals surface area (Å²) in [5.74, 6) is -0.254. The SMILES string of the molecule is CCC(=O)C1C=CC=CS1(=O)=O. The molecule has 0 saturated carbocycles. The number of sulfone groups is 1. The Labute approximate surface area is 71.7 Å². The molecule has 66 valence electrons. The van der Waals surface area contributed by atoms with Gasteiger partial charge in [-0.3, -0.25) is 4.79 Å². The van der Waals surface area contributed by atoms with Crippen LogP contribution in [0.4, 0.5) is 0 Å². The number of rotatable bonds is 2. The van der Waals surface area contributed by atoms with Gasteiger partial charge >= 0.3 is 0 Å². The van der Waals surface area contributed by atoms with Gasteiger partial charge < -0.3 is 0 Å². The van der Waals surface area contributed by atoms with Crippen molar-refractivity contribution in [2.45, 2.75) is 18.6 Å². The average Bonchev–Trinajstić information content (AvgIpc) is 2.02. The number of carbonyl (C=O) groups is 1. The molecule has 0 aromatic rings. The molecular formula is C8H10O3S. The molecule has 0 bridgehead atoms. The van der Waals surface area contributed by atoms with Gasteiger partial charge in [-0.15, -0.1) is 0 Å². The zero-order chi connectivity index (χ0) is 9.19. The highest BCUT2D eigenvalue weighted by atomic mass is 32.2. The van der Waals surface area contributed by atoms with E-state index in [4.69, 9.17) is 0 Å². The lowest BCUT2D eigenvalue weighted by molar-refractivity contribution is -0.117. The molecule has 0 spiro atoms. The predicted molar refractivity (Wildman–Crippen MR) is 46.3 cm³/mol. The minimum Gasteiger partial charge on any atom is -0.298 e. The van der Waals surface area contributed by atoms with Gasteiger partial charge in [0.15, 0.2) is 15.6 Å². The van der Waals surface area contributed by atoms with Crippen LogP contribution in [0.25, 0.3) is 0 Å². The fourth-order valence-electron chi connectivity index (χ4n) is 1.01. The maximum atomic E-state index is 11.2. The first-order valence-corrected chi connectivity index (χ1v) is 5.30. The van der Waals surface area contributed by atoms with Crippen molar-refractivity contribution in [1.29, 1.82) is 0 Å². The summed E-state index contributed by atoms with van der Waals surface area (Å²) < 4.78 is 22.4. The molecule has 1 aliphatic heterocycles. The molecule has 1 unspecified atom stereocenters. The Morgan fingerprint density at radius 1 is 1.42 bits per heavy atom. The van der Waals surface area contributed by atoms with E-state index in [-0.39, 0.29) is 12.2 Å². The van der Waals surface area contributed by atoms with Gasteiger partial charge in [0, 0.05) is 11.8 Å². The molecule has 3 nitrogen and oxygen atoms in total. The van der Waals surface area contributed by atoms with E-state index in [1.54, 1.807) is 13.0 Å². The first kappa shape index (κ1) is 9.19. The lowest BCUT2D eigenvalue weighted by Crippen LogP contribution is -2.27. The van der Waals surface area contributed by atoms with E-state index in [0.29, 0.717) is 0 Å². The maximum Gasteiger partial charge on any atom is 0.185 e. The minimum atomic E-state index is -3.35. The first-order chi connectivity index (χ1) is 5.58. The van der Waals surface area contributed by atoms with Crippen LogP contribution < -0.4 is 0 Å². The number of allylic oxidation sites excluding steroid dienone is 2. The second-order valence-corrected chi connectivity index (χ2v) is 4.50. The number of hydrogen-bond donors (Lipinski definition) is 0. The van der Waals surface area contributed by atoms with Crippen molar-refractivity contribution in [3.05, 3.63) is 23.6 Å². The quantitative estimate of drug-likeness (QED) is 0.642. The van der Waals surface area contributed by atoms with Crippen LogP contribution in [0.15, 0.2) is 23.6 Å². The van der Waals surface area contributed by atoms with Crippen LogP contribution in [0, 0.1) is 0 Å². The van der Waals surface area contributed by atoms with Gasteiger partial charge in [-0.25, -0.2) is 8.42 Å². The fraction of sp³-hybridized carbons (Fsp3) is 0.375. The summed E-state index contributed by atoms with van der Waals surface area (Å²) in [6.07, 6.45) is 4.68. The van der Waals surface area contributed by atoms with E-state index in [1.807, 2.05) is 0 Å². The molecule has 1 heterocycles. The van der Waals surface area contributed by atoms with Crippen LogP contribution in [0.2, 0.25) is 0 Å². The van der Waals surface area contributed by atoms with Gasteiger partial charge in [0.25, 0.3) is 0 Å². The Balaban J connectivity index is 3.00. The second-order valence-electron chi connectivity index (χ2n) is 2.54. The molecule has 4 heteroatoms. The Bertz CT molecular complexity index is 335. The predicted octanol–water partition coefficient (Wildman–Crippen LogP) is 0.832. The van der Waals surface area contributed by atoms with Crippen LogP contribution in [-0.2, 0) is 14.6 Å². The molecule has 1 aliphatic rings. The zero-order valence-electron chi connectivity index (χ0n) is 6.73. The van der Waals surface area contributed by atoms with Gasteiger partial charge in [-0.2, -0.15) is 0 Å². The molecule has 0 aliphatic carbocycles. The highest BCUT2D eigenvalue weighted by Gasteiger charge is 2.27. The van der Waals surface area contributed by atoms with Gasteiger partial charge in [0.1, 0.15) is 5.25 Å². The van der Waals surface area contributed by atoms with Crippen LogP contribution >= 0.6 is 0 Å². The summed E-state index contributed by atoms with van der Waals surface area (Å²) in [7, 11) is -3.35. The van der Waals surface area contributed by atoms with Crippen molar-refractivity contribution >= 4 is 15.6 Å². The number of ketones is 1. The number of carbonyl (C=O) groups excluding carboxylic acids is 1. The smallest absolute Gasteiger partial charge is 0.185 e. The summed E-state index contributed by atoms with van der Waals surface area (Å²) in [4.78, 5) is 11.1. The second kappa shape index (κ2) is 3.23. The van der Waals surface area contributed by atoms with E-state index < -0.39 is 15.1 Å². The third-order valence-electron chi connectivity index (χ3n) is 1.69. The monoisotopic (exact) mass is 186 g/mol. The van der Waals surface area contributed by atoms with Crippen LogP contribution in [0.3, 0.4) is 0 Å². The van der Waals surface area contributed by atoms with Crippen LogP contribution in [0.5, 0.6) is 0 Å². The van der Waals surface area contributed by atoms with Crippen molar-refractivity contribution in [3.8, 4) is 0 Å².